The van der Waals surface area contributed by atoms with Crippen molar-refractivity contribution in [2.45, 2.75) is 32.9 Å². The Morgan fingerprint density at radius 1 is 1.15 bits per heavy atom. The normalized spacial score (nSPS) is 10.7. The first-order chi connectivity index (χ1) is 9.78. The highest BCUT2D eigenvalue weighted by molar-refractivity contribution is 5.27. The molecule has 108 valence electrons. The molecule has 4 heteroatoms. The Bertz CT molecular complexity index is 505. The molecule has 0 spiro atoms. The summed E-state index contributed by atoms with van der Waals surface area (Å²) in [5.74, 6) is 0.953. The second kappa shape index (κ2) is 7.70. The maximum Gasteiger partial charge on any atom is 0.119 e. The second-order valence-electron chi connectivity index (χ2n) is 4.97. The van der Waals surface area contributed by atoms with Crippen molar-refractivity contribution in [2.75, 3.05) is 6.61 Å². The molecule has 0 aliphatic carbocycles. The molecule has 1 heterocycles. The average molecular weight is 273 g/mol. The van der Waals surface area contributed by atoms with Crippen molar-refractivity contribution in [3.05, 3.63) is 47.8 Å². The maximum absolute atomic E-state index is 5.65. The third-order valence-corrected chi connectivity index (χ3v) is 3.11. The predicted octanol–water partition coefficient (Wildman–Crippen LogP) is 2.89. The van der Waals surface area contributed by atoms with E-state index in [1.165, 1.54) is 11.1 Å². The van der Waals surface area contributed by atoms with Crippen LogP contribution in [0.25, 0.3) is 0 Å². The molecule has 0 atom stereocenters. The molecule has 2 rings (SSSR count). The molecule has 0 unspecified atom stereocenters. The van der Waals surface area contributed by atoms with Crippen LogP contribution < -0.4 is 10.1 Å². The molecule has 1 N–H and O–H groups in total. The molecule has 2 aromatic rings. The summed E-state index contributed by atoms with van der Waals surface area (Å²) in [4.78, 5) is 0. The highest BCUT2D eigenvalue weighted by Gasteiger charge is 1.98. The third-order valence-electron chi connectivity index (χ3n) is 3.11. The number of nitrogens with zero attached hydrogens (tertiary/aromatic N) is 2. The number of hydrogen-bond acceptors (Lipinski definition) is 3. The zero-order valence-corrected chi connectivity index (χ0v) is 12.3. The molecule has 4 nitrogen and oxygen atoms in total. The van der Waals surface area contributed by atoms with Gasteiger partial charge in [0.25, 0.3) is 0 Å². The van der Waals surface area contributed by atoms with Gasteiger partial charge in [-0.1, -0.05) is 25.5 Å². The first-order valence-electron chi connectivity index (χ1n) is 7.18. The maximum atomic E-state index is 5.65. The van der Waals surface area contributed by atoms with Crippen molar-refractivity contribution in [1.29, 1.82) is 0 Å². The summed E-state index contributed by atoms with van der Waals surface area (Å²) in [5.41, 5.74) is 2.46. The van der Waals surface area contributed by atoms with E-state index in [0.717, 1.165) is 38.3 Å². The molecule has 0 bridgehead atoms. The molecule has 0 fully saturated rings. The topological polar surface area (TPSA) is 39.1 Å². The van der Waals surface area contributed by atoms with Crippen LogP contribution in [0.5, 0.6) is 5.75 Å². The van der Waals surface area contributed by atoms with Gasteiger partial charge in [0.2, 0.25) is 0 Å². The SMILES string of the molecule is CCCCOc1ccc(CNCc2cnn(C)c2)cc1. The summed E-state index contributed by atoms with van der Waals surface area (Å²) in [6.45, 7) is 4.65. The number of hydrogen-bond donors (Lipinski definition) is 1. The molecular weight excluding hydrogens is 250 g/mol. The van der Waals surface area contributed by atoms with E-state index >= 15 is 0 Å². The molecule has 0 aliphatic heterocycles. The van der Waals surface area contributed by atoms with Crippen molar-refractivity contribution >= 4 is 0 Å². The van der Waals surface area contributed by atoms with E-state index in [4.69, 9.17) is 4.74 Å². The standard InChI is InChI=1S/C16H23N3O/c1-3-4-9-20-16-7-5-14(6-8-16)10-17-11-15-12-18-19(2)13-15/h5-8,12-13,17H,3-4,9-11H2,1-2H3. The van der Waals surface area contributed by atoms with E-state index in [1.807, 2.05) is 36.3 Å². The summed E-state index contributed by atoms with van der Waals surface area (Å²) >= 11 is 0. The fraction of sp³-hybridized carbons (Fsp3) is 0.438. The third kappa shape index (κ3) is 4.70. The number of aryl methyl sites for hydroxylation is 1. The van der Waals surface area contributed by atoms with Gasteiger partial charge in [-0.3, -0.25) is 4.68 Å². The molecule has 20 heavy (non-hydrogen) atoms. The minimum Gasteiger partial charge on any atom is -0.494 e. The Kier molecular flexibility index (Phi) is 5.62. The molecule has 0 saturated heterocycles. The first kappa shape index (κ1) is 14.6. The lowest BCUT2D eigenvalue weighted by Gasteiger charge is -2.07. The molecule has 0 aliphatic rings. The number of nitrogens with one attached hydrogen (secondary N) is 1. The van der Waals surface area contributed by atoms with Crippen molar-refractivity contribution in [3.63, 3.8) is 0 Å². The molecule has 1 aromatic heterocycles. The van der Waals surface area contributed by atoms with E-state index in [1.54, 1.807) is 0 Å². The lowest BCUT2D eigenvalue weighted by molar-refractivity contribution is 0.309. The molecule has 1 aromatic carbocycles. The second-order valence-corrected chi connectivity index (χ2v) is 4.97. The molecule has 0 radical (unpaired) electrons. The van der Waals surface area contributed by atoms with Crippen molar-refractivity contribution < 1.29 is 4.74 Å². The van der Waals surface area contributed by atoms with E-state index in [-0.39, 0.29) is 0 Å². The van der Waals surface area contributed by atoms with Crippen LogP contribution in [-0.4, -0.2) is 16.4 Å². The molecule has 0 amide bonds. The van der Waals surface area contributed by atoms with E-state index < -0.39 is 0 Å². The van der Waals surface area contributed by atoms with Gasteiger partial charge < -0.3 is 10.1 Å². The van der Waals surface area contributed by atoms with Crippen molar-refractivity contribution in [3.8, 4) is 5.75 Å². The van der Waals surface area contributed by atoms with Gasteiger partial charge in [-0.05, 0) is 24.1 Å². The van der Waals surface area contributed by atoms with Crippen LogP contribution in [0.2, 0.25) is 0 Å². The highest BCUT2D eigenvalue weighted by atomic mass is 16.5. The van der Waals surface area contributed by atoms with Crippen molar-refractivity contribution in [2.24, 2.45) is 7.05 Å². The minimum atomic E-state index is 0.801. The van der Waals surface area contributed by atoms with Gasteiger partial charge in [0, 0.05) is 31.9 Å². The average Bonchev–Trinajstić information content (AvgIpc) is 2.87. The number of unbranched alkanes of at least 4 members (excludes halogenated alkanes) is 1. The van der Waals surface area contributed by atoms with Crippen LogP contribution in [0.1, 0.15) is 30.9 Å². The summed E-state index contributed by atoms with van der Waals surface area (Å²) in [7, 11) is 1.93. The fourth-order valence-electron chi connectivity index (χ4n) is 1.95. The quantitative estimate of drug-likeness (QED) is 0.752. The van der Waals surface area contributed by atoms with Crippen LogP contribution in [0.15, 0.2) is 36.7 Å². The zero-order chi connectivity index (χ0) is 14.2. The minimum absolute atomic E-state index is 0.801. The van der Waals surface area contributed by atoms with Gasteiger partial charge >= 0.3 is 0 Å². The lowest BCUT2D eigenvalue weighted by atomic mass is 10.2. The number of rotatable bonds is 8. The first-order valence-corrected chi connectivity index (χ1v) is 7.18. The Morgan fingerprint density at radius 2 is 1.90 bits per heavy atom. The number of benzene rings is 1. The van der Waals surface area contributed by atoms with Gasteiger partial charge in [-0.2, -0.15) is 5.10 Å². The van der Waals surface area contributed by atoms with Crippen LogP contribution in [0.4, 0.5) is 0 Å². The van der Waals surface area contributed by atoms with Gasteiger partial charge in [0.1, 0.15) is 5.75 Å². The van der Waals surface area contributed by atoms with Gasteiger partial charge in [0.15, 0.2) is 0 Å². The predicted molar refractivity (Wildman–Crippen MR) is 80.6 cm³/mol. The van der Waals surface area contributed by atoms with Crippen LogP contribution in [0, 0.1) is 0 Å². The summed E-state index contributed by atoms with van der Waals surface area (Å²) in [5, 5.41) is 7.56. The number of aromatic nitrogens is 2. The highest BCUT2D eigenvalue weighted by Crippen LogP contribution is 2.12. The van der Waals surface area contributed by atoms with E-state index in [2.05, 4.69) is 29.5 Å². The van der Waals surface area contributed by atoms with Gasteiger partial charge in [0.05, 0.1) is 12.8 Å². The van der Waals surface area contributed by atoms with Gasteiger partial charge in [-0.25, -0.2) is 0 Å². The van der Waals surface area contributed by atoms with E-state index in [9.17, 15) is 0 Å². The molecule has 0 saturated carbocycles. The van der Waals surface area contributed by atoms with Gasteiger partial charge in [-0.15, -0.1) is 0 Å². The largest absolute Gasteiger partial charge is 0.494 e. The fourth-order valence-corrected chi connectivity index (χ4v) is 1.95. The van der Waals surface area contributed by atoms with E-state index in [0.29, 0.717) is 0 Å². The Hall–Kier alpha value is -1.81. The Balaban J connectivity index is 1.73. The van der Waals surface area contributed by atoms with Crippen molar-refractivity contribution in [1.82, 2.24) is 15.1 Å². The summed E-state index contributed by atoms with van der Waals surface area (Å²) < 4.78 is 7.47. The Morgan fingerprint density at radius 3 is 2.55 bits per heavy atom. The van der Waals surface area contributed by atoms with Crippen LogP contribution in [0.3, 0.4) is 0 Å². The smallest absolute Gasteiger partial charge is 0.119 e. The summed E-state index contributed by atoms with van der Waals surface area (Å²) in [6.07, 6.45) is 6.18. The van der Waals surface area contributed by atoms with Crippen LogP contribution >= 0.6 is 0 Å². The lowest BCUT2D eigenvalue weighted by Crippen LogP contribution is -2.12. The zero-order valence-electron chi connectivity index (χ0n) is 12.3. The Labute approximate surface area is 120 Å². The van der Waals surface area contributed by atoms with Crippen LogP contribution in [-0.2, 0) is 20.1 Å². The monoisotopic (exact) mass is 273 g/mol. The molecular formula is C16H23N3O. The number of ether oxygens (including phenoxy) is 1. The summed E-state index contributed by atoms with van der Waals surface area (Å²) in [6, 6.07) is 8.29.